The van der Waals surface area contributed by atoms with Gasteiger partial charge in [-0.1, -0.05) is 39.3 Å². The number of rotatable bonds is 9. The minimum atomic E-state index is -1.04. The Bertz CT molecular complexity index is 1520. The van der Waals surface area contributed by atoms with Crippen molar-refractivity contribution in [2.75, 3.05) is 6.54 Å². The third kappa shape index (κ3) is 5.35. The molecule has 43 heavy (non-hydrogen) atoms. The van der Waals surface area contributed by atoms with Crippen LogP contribution in [-0.2, 0) is 17.6 Å². The molecular weight excluding hydrogens is 534 g/mol. The highest BCUT2D eigenvalue weighted by atomic mass is 16.2. The molecule has 1 saturated heterocycles. The molecule has 1 N–H and O–H groups in total. The predicted octanol–water partition coefficient (Wildman–Crippen LogP) is 5.74. The molecule has 0 radical (unpaired) electrons. The van der Waals surface area contributed by atoms with Crippen molar-refractivity contribution in [1.29, 1.82) is 5.26 Å². The molecule has 3 aliphatic carbocycles. The van der Waals surface area contributed by atoms with Crippen LogP contribution in [0.15, 0.2) is 85.0 Å². The van der Waals surface area contributed by atoms with Gasteiger partial charge in [-0.3, -0.25) is 24.5 Å². The van der Waals surface area contributed by atoms with E-state index in [9.17, 15) is 14.9 Å². The summed E-state index contributed by atoms with van der Waals surface area (Å²) in [5.41, 5.74) is 1.86. The first-order valence-corrected chi connectivity index (χ1v) is 15.4. The Labute approximate surface area is 254 Å². The number of nitrogens with one attached hydrogen (secondary N) is 1. The van der Waals surface area contributed by atoms with Gasteiger partial charge in [0.15, 0.2) is 5.78 Å². The minimum absolute atomic E-state index is 0.0453. The Hall–Kier alpha value is -4.31. The van der Waals surface area contributed by atoms with E-state index in [0.717, 1.165) is 24.2 Å². The Balaban J connectivity index is 1.39. The molecule has 7 rings (SSSR count). The zero-order valence-electron chi connectivity index (χ0n) is 25.2. The lowest BCUT2D eigenvalue weighted by Crippen LogP contribution is -2.57. The van der Waals surface area contributed by atoms with E-state index in [1.165, 1.54) is 6.42 Å². The molecule has 3 heterocycles. The lowest BCUT2D eigenvalue weighted by Gasteiger charge is -2.63. The SMILES string of the molecule is CCC1C(CN2C(=O)C(Cc3ccccn3)(Cc3ccccn3)NC2=CC(=O)c2ccc(C#N)cc2)CC2CC1C2(C)C. The topological polar surface area (TPSA) is 99.0 Å². The van der Waals surface area contributed by atoms with Gasteiger partial charge in [0.2, 0.25) is 0 Å². The van der Waals surface area contributed by atoms with E-state index >= 15 is 0 Å². The number of fused-ring (bicyclic) bond motifs is 2. The van der Waals surface area contributed by atoms with Crippen LogP contribution in [0, 0.1) is 40.4 Å². The van der Waals surface area contributed by atoms with Crippen molar-refractivity contribution in [2.24, 2.45) is 29.1 Å². The normalized spacial score (nSPS) is 26.0. The molecule has 4 aliphatic rings. The van der Waals surface area contributed by atoms with Crippen LogP contribution in [0.3, 0.4) is 0 Å². The van der Waals surface area contributed by atoms with E-state index in [-0.39, 0.29) is 11.7 Å². The average molecular weight is 574 g/mol. The number of amides is 1. The number of carbonyl (C=O) groups is 2. The first kappa shape index (κ1) is 28.8. The summed E-state index contributed by atoms with van der Waals surface area (Å²) in [6.07, 6.45) is 9.23. The van der Waals surface area contributed by atoms with Crippen LogP contribution >= 0.6 is 0 Å². The molecule has 1 aliphatic heterocycles. The second-order valence-corrected chi connectivity index (χ2v) is 13.1. The van der Waals surface area contributed by atoms with Crippen molar-refractivity contribution in [3.05, 3.63) is 107 Å². The number of hydrogen-bond acceptors (Lipinski definition) is 6. The van der Waals surface area contributed by atoms with Crippen LogP contribution in [0.4, 0.5) is 0 Å². The zero-order chi connectivity index (χ0) is 30.2. The minimum Gasteiger partial charge on any atom is -0.356 e. The summed E-state index contributed by atoms with van der Waals surface area (Å²) in [5, 5.41) is 12.8. The first-order valence-electron chi connectivity index (χ1n) is 15.4. The summed E-state index contributed by atoms with van der Waals surface area (Å²) in [6, 6.07) is 20.2. The lowest BCUT2D eigenvalue weighted by atomic mass is 9.43. The fraction of sp³-hybridized carbons (Fsp3) is 0.417. The zero-order valence-corrected chi connectivity index (χ0v) is 25.2. The van der Waals surface area contributed by atoms with Gasteiger partial charge in [0, 0.05) is 54.8 Å². The van der Waals surface area contributed by atoms with Crippen LogP contribution in [-0.4, -0.2) is 38.6 Å². The van der Waals surface area contributed by atoms with E-state index < -0.39 is 5.54 Å². The Morgan fingerprint density at radius 1 is 1.02 bits per heavy atom. The predicted molar refractivity (Wildman–Crippen MR) is 164 cm³/mol. The Morgan fingerprint density at radius 3 is 2.21 bits per heavy atom. The molecule has 1 amide bonds. The van der Waals surface area contributed by atoms with Gasteiger partial charge in [-0.2, -0.15) is 5.26 Å². The molecule has 4 unspecified atom stereocenters. The van der Waals surface area contributed by atoms with Gasteiger partial charge in [0.1, 0.15) is 11.4 Å². The van der Waals surface area contributed by atoms with E-state index in [0.29, 0.717) is 65.4 Å². The molecule has 3 aromatic rings. The fourth-order valence-electron chi connectivity index (χ4n) is 7.99. The number of allylic oxidation sites excluding steroid dienone is 1. The number of benzene rings is 1. The lowest BCUT2D eigenvalue weighted by molar-refractivity contribution is -0.146. The Morgan fingerprint density at radius 2 is 1.67 bits per heavy atom. The second-order valence-electron chi connectivity index (χ2n) is 13.1. The molecule has 7 heteroatoms. The Kier molecular flexibility index (Phi) is 7.64. The molecule has 2 bridgehead atoms. The summed E-state index contributed by atoms with van der Waals surface area (Å²) < 4.78 is 0. The van der Waals surface area contributed by atoms with Crippen LogP contribution < -0.4 is 5.32 Å². The smallest absolute Gasteiger partial charge is 0.254 e. The van der Waals surface area contributed by atoms with E-state index in [1.54, 1.807) is 42.7 Å². The maximum Gasteiger partial charge on any atom is 0.254 e. The highest BCUT2D eigenvalue weighted by molar-refractivity contribution is 6.06. The highest BCUT2D eigenvalue weighted by Crippen LogP contribution is 2.64. The number of hydrogen-bond donors (Lipinski definition) is 1. The van der Waals surface area contributed by atoms with Gasteiger partial charge in [0.05, 0.1) is 11.6 Å². The monoisotopic (exact) mass is 573 g/mol. The maximum atomic E-state index is 14.8. The van der Waals surface area contributed by atoms with E-state index in [2.05, 4.69) is 42.1 Å². The van der Waals surface area contributed by atoms with Crippen molar-refractivity contribution in [3.8, 4) is 6.07 Å². The number of pyridine rings is 2. The number of aromatic nitrogens is 2. The number of nitriles is 1. The summed E-state index contributed by atoms with van der Waals surface area (Å²) in [4.78, 5) is 39.3. The largest absolute Gasteiger partial charge is 0.356 e. The summed E-state index contributed by atoms with van der Waals surface area (Å²) in [7, 11) is 0. The van der Waals surface area contributed by atoms with Gasteiger partial charge in [-0.15, -0.1) is 0 Å². The molecule has 4 atom stereocenters. The summed E-state index contributed by atoms with van der Waals surface area (Å²) >= 11 is 0. The highest BCUT2D eigenvalue weighted by Gasteiger charge is 2.58. The van der Waals surface area contributed by atoms with Crippen LogP contribution in [0.25, 0.3) is 0 Å². The summed E-state index contributed by atoms with van der Waals surface area (Å²) in [5.74, 6) is 2.49. The van der Waals surface area contributed by atoms with Gasteiger partial charge < -0.3 is 5.32 Å². The van der Waals surface area contributed by atoms with Crippen LogP contribution in [0.2, 0.25) is 0 Å². The molecule has 1 aromatic carbocycles. The van der Waals surface area contributed by atoms with Crippen molar-refractivity contribution < 1.29 is 9.59 Å². The quantitative estimate of drug-likeness (QED) is 0.259. The molecular formula is C36H39N5O2. The van der Waals surface area contributed by atoms with Gasteiger partial charge in [0.25, 0.3) is 5.91 Å². The molecule has 4 fully saturated rings. The van der Waals surface area contributed by atoms with Gasteiger partial charge in [-0.25, -0.2) is 0 Å². The molecule has 0 spiro atoms. The molecule has 2 aromatic heterocycles. The van der Waals surface area contributed by atoms with Gasteiger partial charge >= 0.3 is 0 Å². The third-order valence-electron chi connectivity index (χ3n) is 10.4. The first-order chi connectivity index (χ1) is 20.7. The summed E-state index contributed by atoms with van der Waals surface area (Å²) in [6.45, 7) is 7.65. The van der Waals surface area contributed by atoms with E-state index in [1.807, 2.05) is 41.3 Å². The van der Waals surface area contributed by atoms with Crippen molar-refractivity contribution in [3.63, 3.8) is 0 Å². The van der Waals surface area contributed by atoms with Gasteiger partial charge in [-0.05, 0) is 90.5 Å². The second kappa shape index (κ2) is 11.4. The van der Waals surface area contributed by atoms with Crippen molar-refractivity contribution in [1.82, 2.24) is 20.2 Å². The molecule has 7 nitrogen and oxygen atoms in total. The maximum absolute atomic E-state index is 14.8. The third-order valence-corrected chi connectivity index (χ3v) is 10.4. The van der Waals surface area contributed by atoms with Crippen molar-refractivity contribution >= 4 is 11.7 Å². The fourth-order valence-corrected chi connectivity index (χ4v) is 7.99. The molecule has 3 saturated carbocycles. The standard InChI is InChI=1S/C36H39N5O2/c1-4-30-26(17-27-18-31(30)35(27,2)3)23-41-33(19-32(42)25-13-11-24(22-37)12-14-25)40-36(34(41)43,20-28-9-5-7-15-38-28)21-29-10-6-8-16-39-29/h5-16,19,26-27,30-31,40H,4,17-18,20-21,23H2,1-3H3. The number of nitrogens with zero attached hydrogens (tertiary/aromatic N) is 4. The van der Waals surface area contributed by atoms with Crippen molar-refractivity contribution in [2.45, 2.75) is 58.4 Å². The number of ketones is 1. The van der Waals surface area contributed by atoms with Crippen LogP contribution in [0.5, 0.6) is 0 Å². The van der Waals surface area contributed by atoms with Crippen LogP contribution in [0.1, 0.15) is 67.3 Å². The number of carbonyl (C=O) groups excluding carboxylic acids is 2. The molecule has 220 valence electrons. The average Bonchev–Trinajstić information content (AvgIpc) is 3.26. The van der Waals surface area contributed by atoms with E-state index in [4.69, 9.17) is 0 Å².